The molecule has 7 nitrogen and oxygen atoms in total. The van der Waals surface area contributed by atoms with Gasteiger partial charge in [-0.3, -0.25) is 13.9 Å². The summed E-state index contributed by atoms with van der Waals surface area (Å²) < 4.78 is 29.5. The topological polar surface area (TPSA) is 86.8 Å². The number of aryl methyl sites for hydroxylation is 2. The van der Waals surface area contributed by atoms with Gasteiger partial charge in [-0.05, 0) is 75.6 Å². The Hall–Kier alpha value is -3.17. The maximum absolute atomic E-state index is 14.0. The minimum Gasteiger partial charge on any atom is -0.352 e. The van der Waals surface area contributed by atoms with Gasteiger partial charge < -0.3 is 10.2 Å². The highest BCUT2D eigenvalue weighted by atomic mass is 79.9. The Kier molecular flexibility index (Phi) is 10.3. The Balaban J connectivity index is 2.04. The average Bonchev–Trinajstić information content (AvgIpc) is 2.90. The van der Waals surface area contributed by atoms with E-state index >= 15 is 0 Å². The van der Waals surface area contributed by atoms with Crippen molar-refractivity contribution in [2.24, 2.45) is 0 Å². The van der Waals surface area contributed by atoms with E-state index in [1.165, 1.54) is 17.0 Å². The number of nitrogens with zero attached hydrogens (tertiary/aromatic N) is 2. The molecule has 0 fully saturated rings. The van der Waals surface area contributed by atoms with Gasteiger partial charge in [-0.25, -0.2) is 8.42 Å². The maximum atomic E-state index is 14.0. The summed E-state index contributed by atoms with van der Waals surface area (Å²) in [6.45, 7) is 9.06. The van der Waals surface area contributed by atoms with Gasteiger partial charge in [-0.2, -0.15) is 0 Å². The third-order valence-electron chi connectivity index (χ3n) is 6.75. The first-order chi connectivity index (χ1) is 18.4. The number of rotatable bonds is 11. The molecule has 9 heteroatoms. The van der Waals surface area contributed by atoms with Gasteiger partial charge in [-0.15, -0.1) is 0 Å². The van der Waals surface area contributed by atoms with Crippen LogP contribution in [-0.4, -0.2) is 43.8 Å². The number of hydrogen-bond donors (Lipinski definition) is 1. The summed E-state index contributed by atoms with van der Waals surface area (Å²) in [4.78, 5) is 28.7. The molecular formula is C30H36BrN3O4S. The van der Waals surface area contributed by atoms with E-state index in [1.807, 2.05) is 52.0 Å². The first-order valence-electron chi connectivity index (χ1n) is 12.9. The van der Waals surface area contributed by atoms with Crippen LogP contribution in [0.4, 0.5) is 5.69 Å². The fourth-order valence-electron chi connectivity index (χ4n) is 4.02. The predicted octanol–water partition coefficient (Wildman–Crippen LogP) is 5.59. The van der Waals surface area contributed by atoms with Crippen molar-refractivity contribution in [2.75, 3.05) is 10.8 Å². The van der Waals surface area contributed by atoms with Gasteiger partial charge in [0.2, 0.25) is 11.8 Å². The first kappa shape index (κ1) is 30.4. The molecule has 0 aliphatic carbocycles. The van der Waals surface area contributed by atoms with Gasteiger partial charge in [0, 0.05) is 17.1 Å². The van der Waals surface area contributed by atoms with Crippen LogP contribution >= 0.6 is 15.9 Å². The fraction of sp³-hybridized carbons (Fsp3) is 0.333. The second-order valence-electron chi connectivity index (χ2n) is 9.75. The van der Waals surface area contributed by atoms with Crippen LogP contribution in [0.2, 0.25) is 0 Å². The molecule has 2 atom stereocenters. The summed E-state index contributed by atoms with van der Waals surface area (Å²) in [5.41, 5.74) is 3.11. The number of halogens is 1. The SMILES string of the molecule is CC[C@H](C)NC(=O)[C@H](C)N(Cc1ccccc1C)C(=O)CN(c1cccc(Br)c1)S(=O)(=O)c1ccc(C)cc1. The minimum atomic E-state index is -4.10. The molecule has 0 aromatic heterocycles. The maximum Gasteiger partial charge on any atom is 0.264 e. The van der Waals surface area contributed by atoms with Gasteiger partial charge >= 0.3 is 0 Å². The summed E-state index contributed by atoms with van der Waals surface area (Å²) in [5.74, 6) is -0.776. The second-order valence-corrected chi connectivity index (χ2v) is 12.5. The van der Waals surface area contributed by atoms with Crippen LogP contribution in [0, 0.1) is 13.8 Å². The van der Waals surface area contributed by atoms with Crippen molar-refractivity contribution < 1.29 is 18.0 Å². The van der Waals surface area contributed by atoms with Gasteiger partial charge in [0.05, 0.1) is 10.6 Å². The van der Waals surface area contributed by atoms with Crippen molar-refractivity contribution >= 4 is 43.5 Å². The number of benzene rings is 3. The second kappa shape index (κ2) is 13.3. The zero-order valence-electron chi connectivity index (χ0n) is 23.0. The number of anilines is 1. The molecule has 2 amide bonds. The molecule has 0 aliphatic heterocycles. The van der Waals surface area contributed by atoms with Crippen LogP contribution in [0.25, 0.3) is 0 Å². The summed E-state index contributed by atoms with van der Waals surface area (Å²) in [6, 6.07) is 20.1. The average molecular weight is 615 g/mol. The zero-order chi connectivity index (χ0) is 28.7. The Labute approximate surface area is 240 Å². The molecule has 0 saturated carbocycles. The number of carbonyl (C=O) groups is 2. The number of carbonyl (C=O) groups excluding carboxylic acids is 2. The normalized spacial score (nSPS) is 12.9. The molecule has 1 N–H and O–H groups in total. The molecule has 0 unspecified atom stereocenters. The van der Waals surface area contributed by atoms with Gasteiger partial charge in [-0.1, -0.05) is 70.9 Å². The molecule has 3 aromatic carbocycles. The molecule has 39 heavy (non-hydrogen) atoms. The van der Waals surface area contributed by atoms with Crippen LogP contribution in [0.3, 0.4) is 0 Å². The third kappa shape index (κ3) is 7.70. The fourth-order valence-corrected chi connectivity index (χ4v) is 5.81. The van der Waals surface area contributed by atoms with Gasteiger partial charge in [0.1, 0.15) is 12.6 Å². The highest BCUT2D eigenvalue weighted by molar-refractivity contribution is 9.10. The Morgan fingerprint density at radius 3 is 2.23 bits per heavy atom. The van der Waals surface area contributed by atoms with Crippen molar-refractivity contribution in [3.8, 4) is 0 Å². The van der Waals surface area contributed by atoms with E-state index in [-0.39, 0.29) is 23.4 Å². The molecule has 0 spiro atoms. The minimum absolute atomic E-state index is 0.0598. The lowest BCUT2D eigenvalue weighted by Gasteiger charge is -2.32. The van der Waals surface area contributed by atoms with Crippen LogP contribution in [0.5, 0.6) is 0 Å². The lowest BCUT2D eigenvalue weighted by atomic mass is 10.1. The molecule has 3 rings (SSSR count). The first-order valence-corrected chi connectivity index (χ1v) is 15.2. The Morgan fingerprint density at radius 2 is 1.62 bits per heavy atom. The van der Waals surface area contributed by atoms with E-state index in [2.05, 4.69) is 21.2 Å². The molecule has 3 aromatic rings. The highest BCUT2D eigenvalue weighted by Gasteiger charge is 2.33. The van der Waals surface area contributed by atoms with Crippen LogP contribution in [-0.2, 0) is 26.2 Å². The van der Waals surface area contributed by atoms with Gasteiger partial charge in [0.15, 0.2) is 0 Å². The monoisotopic (exact) mass is 613 g/mol. The van der Waals surface area contributed by atoms with Gasteiger partial charge in [0.25, 0.3) is 10.0 Å². The summed E-state index contributed by atoms with van der Waals surface area (Å²) >= 11 is 3.41. The van der Waals surface area contributed by atoms with E-state index in [9.17, 15) is 18.0 Å². The molecule has 0 saturated heterocycles. The standard InChI is InChI=1S/C30H36BrN3O4S/c1-6-23(4)32-30(36)24(5)33(19-25-11-8-7-10-22(25)3)29(35)20-34(27-13-9-12-26(31)18-27)39(37,38)28-16-14-21(2)15-17-28/h7-18,23-24H,6,19-20H2,1-5H3,(H,32,36)/t23-,24-/m0/s1. The molecule has 208 valence electrons. The largest absolute Gasteiger partial charge is 0.352 e. The van der Waals surface area contributed by atoms with E-state index in [0.29, 0.717) is 10.2 Å². The number of nitrogens with one attached hydrogen (secondary N) is 1. The summed E-state index contributed by atoms with van der Waals surface area (Å²) in [7, 11) is -4.10. The van der Waals surface area contributed by atoms with E-state index in [0.717, 1.165) is 27.4 Å². The molecule has 0 aliphatic rings. The quantitative estimate of drug-likeness (QED) is 0.305. The molecule has 0 heterocycles. The van der Waals surface area contributed by atoms with Crippen LogP contribution in [0.15, 0.2) is 82.2 Å². The van der Waals surface area contributed by atoms with Crippen LogP contribution in [0.1, 0.15) is 43.9 Å². The third-order valence-corrected chi connectivity index (χ3v) is 9.04. The summed E-state index contributed by atoms with van der Waals surface area (Å²) in [5, 5.41) is 2.95. The smallest absolute Gasteiger partial charge is 0.264 e. The molecular weight excluding hydrogens is 578 g/mol. The van der Waals surface area contributed by atoms with Crippen molar-refractivity contribution in [1.29, 1.82) is 0 Å². The van der Waals surface area contributed by atoms with E-state index in [1.54, 1.807) is 43.3 Å². The lowest BCUT2D eigenvalue weighted by molar-refractivity contribution is -0.139. The van der Waals surface area contributed by atoms with Crippen molar-refractivity contribution in [1.82, 2.24) is 10.2 Å². The zero-order valence-corrected chi connectivity index (χ0v) is 25.4. The van der Waals surface area contributed by atoms with Crippen molar-refractivity contribution in [2.45, 2.75) is 64.6 Å². The van der Waals surface area contributed by atoms with E-state index < -0.39 is 28.5 Å². The number of hydrogen-bond acceptors (Lipinski definition) is 4. The molecule has 0 bridgehead atoms. The van der Waals surface area contributed by atoms with Crippen molar-refractivity contribution in [3.05, 3.63) is 94.0 Å². The lowest BCUT2D eigenvalue weighted by Crippen LogP contribution is -2.52. The Bertz CT molecular complexity index is 1410. The number of amides is 2. The predicted molar refractivity (Wildman–Crippen MR) is 159 cm³/mol. The van der Waals surface area contributed by atoms with Crippen molar-refractivity contribution in [3.63, 3.8) is 0 Å². The Morgan fingerprint density at radius 1 is 0.949 bits per heavy atom. The molecule has 0 radical (unpaired) electrons. The van der Waals surface area contributed by atoms with Crippen LogP contribution < -0.4 is 9.62 Å². The van der Waals surface area contributed by atoms with E-state index in [4.69, 9.17) is 0 Å². The summed E-state index contributed by atoms with van der Waals surface area (Å²) in [6.07, 6.45) is 0.746. The number of sulfonamides is 1. The highest BCUT2D eigenvalue weighted by Crippen LogP contribution is 2.27.